The van der Waals surface area contributed by atoms with Gasteiger partial charge in [0, 0.05) is 6.07 Å². The molecule has 5 N–H and O–H groups in total. The zero-order valence-electron chi connectivity index (χ0n) is 13.1. The Kier molecular flexibility index (Phi) is 5.97. The van der Waals surface area contributed by atoms with Crippen molar-refractivity contribution in [3.05, 3.63) is 71.9 Å². The van der Waals surface area contributed by atoms with Gasteiger partial charge in [-0.25, -0.2) is 9.37 Å². The van der Waals surface area contributed by atoms with Gasteiger partial charge in [-0.2, -0.15) is 0 Å². The monoisotopic (exact) mass is 362 g/mol. The molecule has 8 heteroatoms. The molecule has 0 saturated carbocycles. The van der Waals surface area contributed by atoms with E-state index < -0.39 is 0 Å². The van der Waals surface area contributed by atoms with Crippen molar-refractivity contribution in [1.82, 2.24) is 0 Å². The Hall–Kier alpha value is -3.06. The van der Waals surface area contributed by atoms with Crippen LogP contribution in [0.2, 0.25) is 0 Å². The van der Waals surface area contributed by atoms with Gasteiger partial charge in [0.15, 0.2) is 5.76 Å². The molecular weight excluding hydrogens is 347 g/mol. The molecule has 3 aromatic rings. The molecular formula is C17H16ClFN4O2. The topological polar surface area (TPSA) is 94.4 Å². The molecule has 0 saturated heterocycles. The van der Waals surface area contributed by atoms with Gasteiger partial charge < -0.3 is 33.2 Å². The molecule has 0 aliphatic carbocycles. The first-order valence-electron chi connectivity index (χ1n) is 7.27. The second-order valence-corrected chi connectivity index (χ2v) is 5.11. The van der Waals surface area contributed by atoms with Gasteiger partial charge in [0.2, 0.25) is 11.6 Å². The van der Waals surface area contributed by atoms with Crippen molar-refractivity contribution in [3.63, 3.8) is 0 Å². The molecule has 0 bridgehead atoms. The Balaban J connectivity index is 0.00000225. The van der Waals surface area contributed by atoms with Crippen LogP contribution in [0.5, 0.6) is 0 Å². The third-order valence-corrected chi connectivity index (χ3v) is 3.37. The zero-order chi connectivity index (χ0) is 16.9. The number of aromatic nitrogens is 1. The van der Waals surface area contributed by atoms with Crippen LogP contribution in [0, 0.1) is 5.82 Å². The van der Waals surface area contributed by atoms with Crippen LogP contribution in [0.1, 0.15) is 16.1 Å². The van der Waals surface area contributed by atoms with E-state index in [1.54, 1.807) is 36.4 Å². The van der Waals surface area contributed by atoms with Gasteiger partial charge >= 0.3 is 0 Å². The van der Waals surface area contributed by atoms with Gasteiger partial charge in [0.1, 0.15) is 11.5 Å². The number of pyridine rings is 1. The van der Waals surface area contributed by atoms with Crippen molar-refractivity contribution in [1.29, 1.82) is 0 Å². The second-order valence-electron chi connectivity index (χ2n) is 5.11. The van der Waals surface area contributed by atoms with E-state index in [0.29, 0.717) is 23.9 Å². The van der Waals surface area contributed by atoms with Crippen LogP contribution in [0.3, 0.4) is 0 Å². The number of hydrogen-bond donors (Lipinski definition) is 3. The Labute approximate surface area is 149 Å². The van der Waals surface area contributed by atoms with Gasteiger partial charge in [-0.3, -0.25) is 4.79 Å². The van der Waals surface area contributed by atoms with Gasteiger partial charge in [-0.05, 0) is 35.9 Å². The third kappa shape index (κ3) is 4.71. The summed E-state index contributed by atoms with van der Waals surface area (Å²) in [6.45, 7) is 0.508. The molecule has 1 amide bonds. The molecule has 0 aliphatic rings. The lowest BCUT2D eigenvalue weighted by Gasteiger charge is -2.06. The lowest BCUT2D eigenvalue weighted by Crippen LogP contribution is -3.00. The molecule has 0 fully saturated rings. The molecule has 2 aromatic heterocycles. The number of amides is 1. The molecule has 0 spiro atoms. The van der Waals surface area contributed by atoms with Crippen LogP contribution in [-0.4, -0.2) is 5.91 Å². The normalized spacial score (nSPS) is 9.96. The van der Waals surface area contributed by atoms with Crippen molar-refractivity contribution in [3.8, 4) is 0 Å². The Bertz CT molecular complexity index is 838. The van der Waals surface area contributed by atoms with Crippen molar-refractivity contribution in [2.75, 3.05) is 16.4 Å². The van der Waals surface area contributed by atoms with Crippen molar-refractivity contribution < 1.29 is 31.0 Å². The maximum absolute atomic E-state index is 12.9. The summed E-state index contributed by atoms with van der Waals surface area (Å²) in [5.41, 5.74) is 7.30. The highest BCUT2D eigenvalue weighted by Gasteiger charge is 2.13. The lowest BCUT2D eigenvalue weighted by atomic mass is 10.2. The van der Waals surface area contributed by atoms with Crippen molar-refractivity contribution in [2.24, 2.45) is 0 Å². The number of nitrogen functional groups attached to an aromatic ring is 1. The number of anilines is 3. The Morgan fingerprint density at radius 3 is 2.56 bits per heavy atom. The molecule has 0 radical (unpaired) electrons. The third-order valence-electron chi connectivity index (χ3n) is 3.37. The molecule has 25 heavy (non-hydrogen) atoms. The quantitative estimate of drug-likeness (QED) is 0.580. The summed E-state index contributed by atoms with van der Waals surface area (Å²) in [6, 6.07) is 12.8. The molecule has 2 heterocycles. The first kappa shape index (κ1) is 18.3. The fourth-order valence-corrected chi connectivity index (χ4v) is 2.11. The average Bonchev–Trinajstić information content (AvgIpc) is 3.11. The maximum atomic E-state index is 12.9. The minimum atomic E-state index is -0.382. The highest BCUT2D eigenvalue weighted by Crippen LogP contribution is 2.16. The molecule has 0 unspecified atom stereocenters. The van der Waals surface area contributed by atoms with Crippen LogP contribution in [0.15, 0.2) is 59.2 Å². The number of nitrogens with one attached hydrogen (secondary N) is 3. The standard InChI is InChI=1S/C17H15FN4O2.ClH/c18-12-5-3-11(4-6-12)10-20-15-8-7-13(16(19)22-15)21-17(23)14-2-1-9-24-14;/h1-9H,10H2,(H,21,23)(H3,19,20,22);1H. The Morgan fingerprint density at radius 2 is 1.92 bits per heavy atom. The summed E-state index contributed by atoms with van der Waals surface area (Å²) in [5.74, 6) is 0.526. The predicted molar refractivity (Wildman–Crippen MR) is 87.8 cm³/mol. The second kappa shape index (κ2) is 8.16. The number of benzene rings is 1. The number of halogens is 2. The zero-order valence-corrected chi connectivity index (χ0v) is 13.8. The molecule has 6 nitrogen and oxygen atoms in total. The van der Waals surface area contributed by atoms with E-state index in [2.05, 4.69) is 15.6 Å². The number of carbonyl (C=O) groups excluding carboxylic acids is 1. The molecule has 1 aromatic carbocycles. The minimum absolute atomic E-state index is 0. The van der Waals surface area contributed by atoms with Crippen LogP contribution >= 0.6 is 0 Å². The first-order chi connectivity index (χ1) is 11.6. The van der Waals surface area contributed by atoms with E-state index in [0.717, 1.165) is 5.56 Å². The number of nitrogens with two attached hydrogens (primary N) is 1. The maximum Gasteiger partial charge on any atom is 0.291 e. The number of aromatic amines is 1. The fourth-order valence-electron chi connectivity index (χ4n) is 2.11. The Morgan fingerprint density at radius 1 is 1.16 bits per heavy atom. The summed E-state index contributed by atoms with van der Waals surface area (Å²) in [4.78, 5) is 14.9. The van der Waals surface area contributed by atoms with Crippen LogP contribution < -0.4 is 33.8 Å². The number of hydrogen-bond acceptors (Lipinski definition) is 4. The van der Waals surface area contributed by atoms with Crippen LogP contribution in [0.25, 0.3) is 0 Å². The van der Waals surface area contributed by atoms with E-state index in [4.69, 9.17) is 10.2 Å². The predicted octanol–water partition coefficient (Wildman–Crippen LogP) is -0.317. The number of carbonyl (C=O) groups is 1. The lowest BCUT2D eigenvalue weighted by molar-refractivity contribution is -0.342. The van der Waals surface area contributed by atoms with Crippen molar-refractivity contribution >= 4 is 23.2 Å². The van der Waals surface area contributed by atoms with Crippen molar-refractivity contribution in [2.45, 2.75) is 6.54 Å². The molecule has 3 rings (SSSR count). The summed E-state index contributed by atoms with van der Waals surface area (Å²) in [5, 5.41) is 5.80. The van der Waals surface area contributed by atoms with Gasteiger partial charge in [-0.15, -0.1) is 0 Å². The van der Waals surface area contributed by atoms with Gasteiger partial charge in [-0.1, -0.05) is 12.1 Å². The van der Waals surface area contributed by atoms with Crippen LogP contribution in [-0.2, 0) is 6.54 Å². The fraction of sp³-hybridized carbons (Fsp3) is 0.0588. The summed E-state index contributed by atoms with van der Waals surface area (Å²) >= 11 is 0. The molecule has 130 valence electrons. The van der Waals surface area contributed by atoms with Gasteiger partial charge in [0.05, 0.1) is 12.8 Å². The SMILES string of the molecule is Nc1[nH+]c(NCc2ccc(F)cc2)ccc1NC(=O)c1ccco1.[Cl-]. The van der Waals surface area contributed by atoms with E-state index >= 15 is 0 Å². The number of H-pyrrole nitrogens is 1. The van der Waals surface area contributed by atoms with Crippen LogP contribution in [0.4, 0.5) is 21.7 Å². The van der Waals surface area contributed by atoms with E-state index in [1.807, 2.05) is 0 Å². The number of furan rings is 1. The number of rotatable bonds is 5. The van der Waals surface area contributed by atoms with E-state index in [-0.39, 0.29) is 29.9 Å². The molecule has 0 atom stereocenters. The average molecular weight is 363 g/mol. The van der Waals surface area contributed by atoms with Gasteiger partial charge in [0.25, 0.3) is 5.91 Å². The summed E-state index contributed by atoms with van der Waals surface area (Å²) < 4.78 is 17.9. The molecule has 0 aliphatic heterocycles. The minimum Gasteiger partial charge on any atom is -1.00 e. The smallest absolute Gasteiger partial charge is 0.291 e. The first-order valence-corrected chi connectivity index (χ1v) is 7.27. The summed E-state index contributed by atoms with van der Waals surface area (Å²) in [7, 11) is 0. The highest BCUT2D eigenvalue weighted by molar-refractivity contribution is 6.03. The summed E-state index contributed by atoms with van der Waals surface area (Å²) in [6.07, 6.45) is 1.42. The van der Waals surface area contributed by atoms with E-state index in [1.165, 1.54) is 18.4 Å². The largest absolute Gasteiger partial charge is 1.00 e. The highest BCUT2D eigenvalue weighted by atomic mass is 35.5. The van der Waals surface area contributed by atoms with E-state index in [9.17, 15) is 9.18 Å².